The maximum atomic E-state index is 11.1. The van der Waals surface area contributed by atoms with E-state index < -0.39 is 5.97 Å². The molecule has 0 aliphatic heterocycles. The van der Waals surface area contributed by atoms with Crippen LogP contribution in [0.1, 0.15) is 17.5 Å². The summed E-state index contributed by atoms with van der Waals surface area (Å²) in [4.78, 5) is 15.4. The minimum absolute atomic E-state index is 0.244. The van der Waals surface area contributed by atoms with E-state index in [1.165, 1.54) is 5.56 Å². The van der Waals surface area contributed by atoms with Crippen LogP contribution in [0.5, 0.6) is 0 Å². The number of aliphatic carboxylic acids is 1. The first-order valence-corrected chi connectivity index (χ1v) is 6.50. The van der Waals surface area contributed by atoms with Crippen molar-refractivity contribution in [3.8, 4) is 11.3 Å². The zero-order chi connectivity index (χ0) is 13.2. The molecule has 1 unspecified atom stereocenters. The third-order valence-corrected chi connectivity index (χ3v) is 3.74. The lowest BCUT2D eigenvalue weighted by Crippen LogP contribution is -2.22. The maximum Gasteiger partial charge on any atom is 0.306 e. The molecule has 1 aromatic heterocycles. The molecule has 1 atom stereocenters. The van der Waals surface area contributed by atoms with Crippen molar-refractivity contribution >= 4 is 5.97 Å². The summed E-state index contributed by atoms with van der Waals surface area (Å²) in [7, 11) is 0. The van der Waals surface area contributed by atoms with E-state index in [1.807, 2.05) is 18.2 Å². The number of benzene rings is 1. The molecule has 1 aliphatic carbocycles. The van der Waals surface area contributed by atoms with E-state index in [2.05, 4.69) is 23.2 Å². The lowest BCUT2D eigenvalue weighted by Gasteiger charge is -2.22. The summed E-state index contributed by atoms with van der Waals surface area (Å²) < 4.78 is 0. The molecular formula is C16H15NO2. The van der Waals surface area contributed by atoms with Gasteiger partial charge in [0.25, 0.3) is 0 Å². The summed E-state index contributed by atoms with van der Waals surface area (Å²) in [6, 6.07) is 12.1. The minimum atomic E-state index is -0.686. The first-order valence-electron chi connectivity index (χ1n) is 6.50. The fourth-order valence-corrected chi connectivity index (χ4v) is 2.66. The lowest BCUT2D eigenvalue weighted by molar-refractivity contribution is -0.142. The van der Waals surface area contributed by atoms with Crippen LogP contribution in [-0.4, -0.2) is 16.1 Å². The molecule has 19 heavy (non-hydrogen) atoms. The van der Waals surface area contributed by atoms with Crippen molar-refractivity contribution in [2.45, 2.75) is 19.3 Å². The Kier molecular flexibility index (Phi) is 3.03. The van der Waals surface area contributed by atoms with Gasteiger partial charge in [-0.3, -0.25) is 9.78 Å². The average Bonchev–Trinajstić information content (AvgIpc) is 2.47. The first-order chi connectivity index (χ1) is 9.24. The Labute approximate surface area is 111 Å². The van der Waals surface area contributed by atoms with Crippen molar-refractivity contribution in [3.63, 3.8) is 0 Å². The highest BCUT2D eigenvalue weighted by molar-refractivity contribution is 5.71. The fraction of sp³-hybridized carbons (Fsp3) is 0.250. The number of aromatic nitrogens is 1. The molecule has 1 N–H and O–H groups in total. The Morgan fingerprint density at radius 2 is 2.11 bits per heavy atom. The third-order valence-electron chi connectivity index (χ3n) is 3.74. The number of pyridine rings is 1. The number of carbonyl (C=O) groups is 1. The van der Waals surface area contributed by atoms with Crippen molar-refractivity contribution < 1.29 is 9.90 Å². The second-order valence-corrected chi connectivity index (χ2v) is 4.98. The summed E-state index contributed by atoms with van der Waals surface area (Å²) in [6.07, 6.45) is 4.00. The van der Waals surface area contributed by atoms with Gasteiger partial charge in [-0.1, -0.05) is 18.2 Å². The number of hydrogen-bond donors (Lipinski definition) is 1. The predicted molar refractivity (Wildman–Crippen MR) is 72.8 cm³/mol. The zero-order valence-corrected chi connectivity index (χ0v) is 10.5. The predicted octanol–water partition coefficient (Wildman–Crippen LogP) is 2.94. The van der Waals surface area contributed by atoms with Crippen LogP contribution in [0.25, 0.3) is 11.3 Å². The van der Waals surface area contributed by atoms with Gasteiger partial charge in [0.05, 0.1) is 11.6 Å². The number of carboxylic acids is 1. The van der Waals surface area contributed by atoms with Crippen LogP contribution in [0.3, 0.4) is 0 Å². The minimum Gasteiger partial charge on any atom is -0.481 e. The van der Waals surface area contributed by atoms with Gasteiger partial charge in [0.15, 0.2) is 0 Å². The van der Waals surface area contributed by atoms with Gasteiger partial charge >= 0.3 is 5.97 Å². The fourth-order valence-electron chi connectivity index (χ4n) is 2.66. The van der Waals surface area contributed by atoms with E-state index in [0.717, 1.165) is 29.7 Å². The van der Waals surface area contributed by atoms with Gasteiger partial charge in [-0.05, 0) is 48.6 Å². The molecule has 3 rings (SSSR count). The number of fused-ring (bicyclic) bond motifs is 1. The van der Waals surface area contributed by atoms with Crippen molar-refractivity contribution in [2.75, 3.05) is 0 Å². The molecule has 0 fully saturated rings. The van der Waals surface area contributed by atoms with Crippen LogP contribution in [-0.2, 0) is 17.6 Å². The van der Waals surface area contributed by atoms with E-state index in [-0.39, 0.29) is 5.92 Å². The SMILES string of the molecule is O=C(O)C1CCc2ccc(-c3ccccn3)cc2C1. The monoisotopic (exact) mass is 253 g/mol. The van der Waals surface area contributed by atoms with Crippen molar-refractivity contribution in [1.82, 2.24) is 4.98 Å². The van der Waals surface area contributed by atoms with Crippen LogP contribution >= 0.6 is 0 Å². The van der Waals surface area contributed by atoms with Gasteiger partial charge in [0.2, 0.25) is 0 Å². The van der Waals surface area contributed by atoms with E-state index in [0.29, 0.717) is 6.42 Å². The number of nitrogens with zero attached hydrogens (tertiary/aromatic N) is 1. The summed E-state index contributed by atoms with van der Waals surface area (Å²) in [5, 5.41) is 9.14. The molecule has 0 spiro atoms. The Hall–Kier alpha value is -2.16. The van der Waals surface area contributed by atoms with Crippen molar-refractivity contribution in [3.05, 3.63) is 53.7 Å². The van der Waals surface area contributed by atoms with E-state index in [1.54, 1.807) is 6.20 Å². The molecule has 1 aromatic carbocycles. The molecule has 3 nitrogen and oxygen atoms in total. The molecule has 0 saturated carbocycles. The van der Waals surface area contributed by atoms with E-state index in [9.17, 15) is 4.79 Å². The quantitative estimate of drug-likeness (QED) is 0.895. The standard InChI is InChI=1S/C16H15NO2/c18-16(19)13-7-5-11-4-6-12(9-14(11)10-13)15-3-1-2-8-17-15/h1-4,6,8-9,13H,5,7,10H2,(H,18,19). The molecule has 0 radical (unpaired) electrons. The number of hydrogen-bond acceptors (Lipinski definition) is 2. The molecular weight excluding hydrogens is 238 g/mol. The Balaban J connectivity index is 1.95. The molecule has 0 saturated heterocycles. The first kappa shape index (κ1) is 11.9. The summed E-state index contributed by atoms with van der Waals surface area (Å²) in [5.41, 5.74) is 4.42. The Bertz CT molecular complexity index is 607. The summed E-state index contributed by atoms with van der Waals surface area (Å²) in [6.45, 7) is 0. The topological polar surface area (TPSA) is 50.2 Å². The molecule has 0 bridgehead atoms. The number of rotatable bonds is 2. The second-order valence-electron chi connectivity index (χ2n) is 4.98. The van der Waals surface area contributed by atoms with Crippen LogP contribution < -0.4 is 0 Å². The van der Waals surface area contributed by atoms with Crippen molar-refractivity contribution in [1.29, 1.82) is 0 Å². The molecule has 0 amide bonds. The normalized spacial score (nSPS) is 17.8. The number of carboxylic acid groups (broad SMARTS) is 1. The highest BCUT2D eigenvalue weighted by atomic mass is 16.4. The molecule has 1 aliphatic rings. The smallest absolute Gasteiger partial charge is 0.306 e. The van der Waals surface area contributed by atoms with Gasteiger partial charge in [-0.15, -0.1) is 0 Å². The third kappa shape index (κ3) is 2.36. The molecule has 3 heteroatoms. The highest BCUT2D eigenvalue weighted by Gasteiger charge is 2.24. The summed E-state index contributed by atoms with van der Waals surface area (Å²) >= 11 is 0. The Morgan fingerprint density at radius 3 is 2.84 bits per heavy atom. The average molecular weight is 253 g/mol. The highest BCUT2D eigenvalue weighted by Crippen LogP contribution is 2.29. The van der Waals surface area contributed by atoms with Crippen LogP contribution in [0.15, 0.2) is 42.6 Å². The van der Waals surface area contributed by atoms with Gasteiger partial charge in [-0.2, -0.15) is 0 Å². The molecule has 96 valence electrons. The van der Waals surface area contributed by atoms with Gasteiger partial charge in [0.1, 0.15) is 0 Å². The zero-order valence-electron chi connectivity index (χ0n) is 10.5. The van der Waals surface area contributed by atoms with Crippen molar-refractivity contribution in [2.24, 2.45) is 5.92 Å². The van der Waals surface area contributed by atoms with Gasteiger partial charge in [0, 0.05) is 11.8 Å². The van der Waals surface area contributed by atoms with Crippen LogP contribution in [0, 0.1) is 5.92 Å². The number of aryl methyl sites for hydroxylation is 1. The van der Waals surface area contributed by atoms with Crippen LogP contribution in [0.4, 0.5) is 0 Å². The maximum absolute atomic E-state index is 11.1. The van der Waals surface area contributed by atoms with Gasteiger partial charge < -0.3 is 5.11 Å². The molecule has 2 aromatic rings. The van der Waals surface area contributed by atoms with E-state index in [4.69, 9.17) is 5.11 Å². The molecule has 1 heterocycles. The largest absolute Gasteiger partial charge is 0.481 e. The van der Waals surface area contributed by atoms with Crippen LogP contribution in [0.2, 0.25) is 0 Å². The lowest BCUT2D eigenvalue weighted by atomic mass is 9.83. The van der Waals surface area contributed by atoms with Gasteiger partial charge in [-0.25, -0.2) is 0 Å². The summed E-state index contributed by atoms with van der Waals surface area (Å²) in [5.74, 6) is -0.930. The second kappa shape index (κ2) is 4.84. The van der Waals surface area contributed by atoms with E-state index >= 15 is 0 Å². The Morgan fingerprint density at radius 1 is 1.21 bits per heavy atom.